The topological polar surface area (TPSA) is 90.9 Å². The molecule has 0 aliphatic rings. The first kappa shape index (κ1) is 20.6. The van der Waals surface area contributed by atoms with E-state index in [0.717, 1.165) is 49.8 Å². The number of rotatable bonds is 7. The number of benzene rings is 2. The predicted molar refractivity (Wildman–Crippen MR) is 130 cm³/mol. The maximum Gasteiger partial charge on any atom is 0.106 e. The molecule has 7 nitrogen and oxygen atoms in total. The summed E-state index contributed by atoms with van der Waals surface area (Å²) in [6, 6.07) is 13.8. The van der Waals surface area contributed by atoms with Crippen molar-refractivity contribution in [3.8, 4) is 0 Å². The Labute approximate surface area is 185 Å². The van der Waals surface area contributed by atoms with Gasteiger partial charge in [0.15, 0.2) is 0 Å². The Bertz CT molecular complexity index is 1290. The first-order valence-electron chi connectivity index (χ1n) is 9.82. The van der Waals surface area contributed by atoms with E-state index in [0.29, 0.717) is 13.0 Å². The second kappa shape index (κ2) is 9.44. The third-order valence-electron chi connectivity index (χ3n) is 4.78. The third kappa shape index (κ3) is 4.92. The van der Waals surface area contributed by atoms with Crippen LogP contribution in [0.15, 0.2) is 83.1 Å². The molecule has 0 amide bonds. The summed E-state index contributed by atoms with van der Waals surface area (Å²) in [6.45, 7) is 4.24. The number of fused-ring (bicyclic) bond motifs is 2. The largest absolute Gasteiger partial charge is 0.387 e. The molecule has 8 heteroatoms. The highest BCUT2D eigenvalue weighted by Crippen LogP contribution is 2.20. The number of allylic oxidation sites excluding steroid dienone is 1. The van der Waals surface area contributed by atoms with Gasteiger partial charge in [0.25, 0.3) is 0 Å². The molecule has 0 aliphatic carbocycles. The quantitative estimate of drug-likeness (QED) is 0.151. The molecule has 0 bridgehead atoms. The number of H-pyrrole nitrogens is 1. The van der Waals surface area contributed by atoms with Gasteiger partial charge in [-0.05, 0) is 36.4 Å². The van der Waals surface area contributed by atoms with Gasteiger partial charge in [0.2, 0.25) is 0 Å². The third-order valence-corrected chi connectivity index (χ3v) is 5.18. The molecule has 0 fully saturated rings. The van der Waals surface area contributed by atoms with Gasteiger partial charge in [0.05, 0.1) is 41.2 Å². The SMILES string of the molecule is C=C/C(NC)=C(\S)CC(=NCc1cnc2ccccc2n1)Nc1ccc2[nH]ncc2c1. The van der Waals surface area contributed by atoms with E-state index in [-0.39, 0.29) is 0 Å². The number of hydrogen-bond donors (Lipinski definition) is 4. The number of thiol groups is 1. The van der Waals surface area contributed by atoms with E-state index in [4.69, 9.17) is 4.99 Å². The van der Waals surface area contributed by atoms with Crippen LogP contribution in [0.4, 0.5) is 5.69 Å². The van der Waals surface area contributed by atoms with Crippen molar-refractivity contribution in [1.82, 2.24) is 25.5 Å². The maximum atomic E-state index is 4.79. The Balaban J connectivity index is 1.62. The van der Waals surface area contributed by atoms with Crippen LogP contribution in [0.1, 0.15) is 12.1 Å². The number of aromatic nitrogens is 4. The van der Waals surface area contributed by atoms with E-state index in [1.54, 1.807) is 18.5 Å². The summed E-state index contributed by atoms with van der Waals surface area (Å²) in [4.78, 5) is 14.8. The van der Waals surface area contributed by atoms with Crippen molar-refractivity contribution in [2.75, 3.05) is 12.4 Å². The zero-order chi connectivity index (χ0) is 21.6. The number of amidine groups is 1. The molecule has 0 radical (unpaired) electrons. The molecule has 2 aromatic carbocycles. The molecule has 0 aliphatic heterocycles. The monoisotopic (exact) mass is 429 g/mol. The molecule has 0 atom stereocenters. The van der Waals surface area contributed by atoms with Crippen LogP contribution in [0, 0.1) is 0 Å². The van der Waals surface area contributed by atoms with Gasteiger partial charge in [-0.2, -0.15) is 5.10 Å². The van der Waals surface area contributed by atoms with Gasteiger partial charge in [-0.15, -0.1) is 12.6 Å². The van der Waals surface area contributed by atoms with Crippen LogP contribution in [0.5, 0.6) is 0 Å². The van der Waals surface area contributed by atoms with Gasteiger partial charge in [-0.1, -0.05) is 18.7 Å². The summed E-state index contributed by atoms with van der Waals surface area (Å²) in [5.74, 6) is 0.761. The van der Waals surface area contributed by atoms with Crippen molar-refractivity contribution in [1.29, 1.82) is 0 Å². The van der Waals surface area contributed by atoms with Gasteiger partial charge < -0.3 is 10.6 Å². The molecule has 4 rings (SSSR count). The van der Waals surface area contributed by atoms with E-state index in [2.05, 4.69) is 50.0 Å². The number of aliphatic imine (C=N–C) groups is 1. The first-order chi connectivity index (χ1) is 15.2. The number of likely N-dealkylation sites (N-methyl/N-ethyl adjacent to an activating group) is 1. The average Bonchev–Trinajstić information content (AvgIpc) is 3.26. The molecule has 0 saturated heterocycles. The van der Waals surface area contributed by atoms with E-state index < -0.39 is 0 Å². The van der Waals surface area contributed by atoms with E-state index in [1.807, 2.05) is 49.5 Å². The number of para-hydroxylation sites is 2. The predicted octanol–water partition coefficient (Wildman–Crippen LogP) is 4.45. The minimum Gasteiger partial charge on any atom is -0.387 e. The van der Waals surface area contributed by atoms with Crippen LogP contribution < -0.4 is 10.6 Å². The number of hydrogen-bond acceptors (Lipinski definition) is 6. The van der Waals surface area contributed by atoms with Crippen LogP contribution >= 0.6 is 12.6 Å². The fraction of sp³-hybridized carbons (Fsp3) is 0.130. The van der Waals surface area contributed by atoms with Gasteiger partial charge >= 0.3 is 0 Å². The molecule has 31 heavy (non-hydrogen) atoms. The summed E-state index contributed by atoms with van der Waals surface area (Å²) in [6.07, 6.45) is 5.81. The molecule has 0 saturated carbocycles. The van der Waals surface area contributed by atoms with Crippen LogP contribution in [-0.4, -0.2) is 33.0 Å². The molecule has 2 heterocycles. The molecular formula is C23H23N7S. The second-order valence-electron chi connectivity index (χ2n) is 6.90. The number of nitrogens with zero attached hydrogens (tertiary/aromatic N) is 4. The molecular weight excluding hydrogens is 406 g/mol. The smallest absolute Gasteiger partial charge is 0.106 e. The van der Waals surface area contributed by atoms with Gasteiger partial charge in [-0.3, -0.25) is 15.1 Å². The summed E-state index contributed by atoms with van der Waals surface area (Å²) in [5.41, 5.74) is 5.28. The summed E-state index contributed by atoms with van der Waals surface area (Å²) in [5, 5.41) is 14.6. The van der Waals surface area contributed by atoms with Crippen LogP contribution in [0.3, 0.4) is 0 Å². The van der Waals surface area contributed by atoms with E-state index in [1.165, 1.54) is 0 Å². The van der Waals surface area contributed by atoms with E-state index in [9.17, 15) is 0 Å². The van der Waals surface area contributed by atoms with Crippen LogP contribution in [-0.2, 0) is 6.54 Å². The Kier molecular flexibility index (Phi) is 6.28. The average molecular weight is 430 g/mol. The Morgan fingerprint density at radius 1 is 1.19 bits per heavy atom. The van der Waals surface area contributed by atoms with Crippen LogP contribution in [0.2, 0.25) is 0 Å². The molecule has 0 spiro atoms. The van der Waals surface area contributed by atoms with E-state index >= 15 is 0 Å². The van der Waals surface area contributed by atoms with Crippen molar-refractivity contribution in [3.05, 3.63) is 83.8 Å². The Hall–Kier alpha value is -3.65. The highest BCUT2D eigenvalue weighted by molar-refractivity contribution is 7.84. The van der Waals surface area contributed by atoms with Crippen molar-refractivity contribution in [2.24, 2.45) is 4.99 Å². The summed E-state index contributed by atoms with van der Waals surface area (Å²) < 4.78 is 0. The van der Waals surface area contributed by atoms with Gasteiger partial charge in [-0.25, -0.2) is 4.98 Å². The molecule has 156 valence electrons. The molecule has 0 unspecified atom stereocenters. The van der Waals surface area contributed by atoms with Crippen LogP contribution in [0.25, 0.3) is 21.9 Å². The lowest BCUT2D eigenvalue weighted by atomic mass is 10.2. The molecule has 3 N–H and O–H groups in total. The van der Waals surface area contributed by atoms with Crippen molar-refractivity contribution in [3.63, 3.8) is 0 Å². The second-order valence-corrected chi connectivity index (χ2v) is 7.44. The first-order valence-corrected chi connectivity index (χ1v) is 10.3. The molecule has 2 aromatic heterocycles. The number of aromatic amines is 1. The Morgan fingerprint density at radius 2 is 2.03 bits per heavy atom. The van der Waals surface area contributed by atoms with Gasteiger partial charge in [0.1, 0.15) is 5.84 Å². The lowest BCUT2D eigenvalue weighted by molar-refractivity contribution is 0.975. The highest BCUT2D eigenvalue weighted by atomic mass is 32.1. The summed E-state index contributed by atoms with van der Waals surface area (Å²) in [7, 11) is 1.84. The number of anilines is 1. The molecule has 4 aromatic rings. The van der Waals surface area contributed by atoms with Crippen molar-refractivity contribution < 1.29 is 0 Å². The highest BCUT2D eigenvalue weighted by Gasteiger charge is 2.08. The minimum atomic E-state index is 0.401. The van der Waals surface area contributed by atoms with Crippen molar-refractivity contribution in [2.45, 2.75) is 13.0 Å². The lowest BCUT2D eigenvalue weighted by Gasteiger charge is -2.13. The Morgan fingerprint density at radius 3 is 2.84 bits per heavy atom. The zero-order valence-corrected chi connectivity index (χ0v) is 18.0. The normalized spacial score (nSPS) is 12.6. The van der Waals surface area contributed by atoms with Crippen molar-refractivity contribution >= 4 is 46.1 Å². The minimum absolute atomic E-state index is 0.401. The maximum absolute atomic E-state index is 4.79. The standard InChI is InChI=1S/C23H23N7S/c1-3-18(24-2)22(31)11-23(29-16-8-9-19-15(10-16)12-27-30-19)26-14-17-13-25-20-6-4-5-7-21(20)28-17/h3-10,12-13,24,31H,1,11,14H2,2H3,(H,26,29)(H,27,30)/b22-18+. The fourth-order valence-electron chi connectivity index (χ4n) is 3.19. The number of nitrogens with one attached hydrogen (secondary N) is 3. The lowest BCUT2D eigenvalue weighted by Crippen LogP contribution is -2.15. The zero-order valence-electron chi connectivity index (χ0n) is 17.1. The fourth-order valence-corrected chi connectivity index (χ4v) is 3.55. The van der Waals surface area contributed by atoms with Gasteiger partial charge in [0, 0.05) is 35.1 Å². The summed E-state index contributed by atoms with van der Waals surface area (Å²) >= 11 is 4.65.